The molecule has 0 bridgehead atoms. The zero-order valence-electron chi connectivity index (χ0n) is 9.40. The van der Waals surface area contributed by atoms with Crippen LogP contribution in [0.15, 0.2) is 22.7 Å². The van der Waals surface area contributed by atoms with Crippen LogP contribution in [0.2, 0.25) is 0 Å². The number of hydrogen-bond acceptors (Lipinski definition) is 3. The summed E-state index contributed by atoms with van der Waals surface area (Å²) >= 11 is 3.32. The summed E-state index contributed by atoms with van der Waals surface area (Å²) in [6, 6.07) is 5.47. The van der Waals surface area contributed by atoms with E-state index in [0.29, 0.717) is 6.42 Å². The molecule has 0 aliphatic rings. The molecule has 5 heteroatoms. The van der Waals surface area contributed by atoms with Crippen LogP contribution in [-0.2, 0) is 27.2 Å². The molecule has 1 rings (SSSR count). The van der Waals surface area contributed by atoms with Crippen molar-refractivity contribution in [2.75, 3.05) is 7.11 Å². The highest BCUT2D eigenvalue weighted by Crippen LogP contribution is 2.19. The second kappa shape index (κ2) is 6.39. The van der Waals surface area contributed by atoms with Crippen molar-refractivity contribution in [1.82, 2.24) is 0 Å². The van der Waals surface area contributed by atoms with Gasteiger partial charge in [-0.2, -0.15) is 0 Å². The Labute approximate surface area is 108 Å². The maximum absolute atomic E-state index is 11.2. The number of carbonyl (C=O) groups is 2. The van der Waals surface area contributed by atoms with Crippen LogP contribution in [0.25, 0.3) is 0 Å². The Hall–Kier alpha value is -1.36. The molecule has 92 valence electrons. The largest absolute Gasteiger partial charge is 0.481 e. The molecule has 0 saturated carbocycles. The Morgan fingerprint density at radius 2 is 2.06 bits per heavy atom. The molecule has 0 aliphatic heterocycles. The van der Waals surface area contributed by atoms with Crippen LogP contribution in [0.5, 0.6) is 0 Å². The van der Waals surface area contributed by atoms with E-state index in [1.165, 1.54) is 7.11 Å². The molecule has 0 unspecified atom stereocenters. The first-order valence-electron chi connectivity index (χ1n) is 5.09. The molecule has 0 saturated heterocycles. The Kier molecular flexibility index (Phi) is 5.15. The van der Waals surface area contributed by atoms with E-state index >= 15 is 0 Å². The topological polar surface area (TPSA) is 63.6 Å². The van der Waals surface area contributed by atoms with Gasteiger partial charge in [-0.05, 0) is 29.7 Å². The SMILES string of the molecule is COC(=O)Cc1cc(Br)ccc1CCC(=O)O. The van der Waals surface area contributed by atoms with Crippen molar-refractivity contribution >= 4 is 27.9 Å². The van der Waals surface area contributed by atoms with Gasteiger partial charge in [-0.1, -0.05) is 22.0 Å². The minimum atomic E-state index is -0.850. The van der Waals surface area contributed by atoms with Gasteiger partial charge in [-0.3, -0.25) is 9.59 Å². The second-order valence-electron chi connectivity index (χ2n) is 3.56. The maximum Gasteiger partial charge on any atom is 0.309 e. The van der Waals surface area contributed by atoms with Crippen LogP contribution in [0.3, 0.4) is 0 Å². The van der Waals surface area contributed by atoms with Crippen molar-refractivity contribution in [1.29, 1.82) is 0 Å². The number of esters is 1. The Balaban J connectivity index is 2.87. The van der Waals surface area contributed by atoms with Crippen LogP contribution in [0.1, 0.15) is 17.5 Å². The summed E-state index contributed by atoms with van der Waals surface area (Å²) in [5, 5.41) is 8.65. The molecule has 0 atom stereocenters. The van der Waals surface area contributed by atoms with E-state index in [-0.39, 0.29) is 18.8 Å². The zero-order valence-corrected chi connectivity index (χ0v) is 11.0. The van der Waals surface area contributed by atoms with E-state index in [1.54, 1.807) is 0 Å². The molecule has 0 fully saturated rings. The smallest absolute Gasteiger partial charge is 0.309 e. The molecule has 0 aliphatic carbocycles. The minimum absolute atomic E-state index is 0.0514. The fourth-order valence-corrected chi connectivity index (χ4v) is 1.88. The third-order valence-electron chi connectivity index (χ3n) is 2.34. The summed E-state index contributed by atoms with van der Waals surface area (Å²) in [6.45, 7) is 0. The summed E-state index contributed by atoms with van der Waals surface area (Å²) in [4.78, 5) is 21.8. The average molecular weight is 301 g/mol. The molecule has 1 aromatic rings. The number of hydrogen-bond donors (Lipinski definition) is 1. The molecule has 0 radical (unpaired) electrons. The lowest BCUT2D eigenvalue weighted by atomic mass is 10.0. The van der Waals surface area contributed by atoms with E-state index in [1.807, 2.05) is 18.2 Å². The third-order valence-corrected chi connectivity index (χ3v) is 2.83. The number of aliphatic carboxylic acids is 1. The second-order valence-corrected chi connectivity index (χ2v) is 4.48. The van der Waals surface area contributed by atoms with Gasteiger partial charge in [0.15, 0.2) is 0 Å². The number of rotatable bonds is 5. The Morgan fingerprint density at radius 3 is 2.65 bits per heavy atom. The van der Waals surface area contributed by atoms with Crippen LogP contribution >= 0.6 is 15.9 Å². The van der Waals surface area contributed by atoms with Gasteiger partial charge in [-0.25, -0.2) is 0 Å². The van der Waals surface area contributed by atoms with Crippen molar-refractivity contribution in [2.24, 2.45) is 0 Å². The lowest BCUT2D eigenvalue weighted by Gasteiger charge is -2.08. The van der Waals surface area contributed by atoms with Gasteiger partial charge < -0.3 is 9.84 Å². The number of carboxylic acids is 1. The van der Waals surface area contributed by atoms with Gasteiger partial charge in [0.05, 0.1) is 13.5 Å². The molecule has 1 N–H and O–H groups in total. The van der Waals surface area contributed by atoms with E-state index in [0.717, 1.165) is 15.6 Å². The number of benzene rings is 1. The predicted molar refractivity (Wildman–Crippen MR) is 65.8 cm³/mol. The van der Waals surface area contributed by atoms with Crippen molar-refractivity contribution < 1.29 is 19.4 Å². The van der Waals surface area contributed by atoms with Crippen molar-refractivity contribution in [3.63, 3.8) is 0 Å². The molecule has 0 aromatic heterocycles. The van der Waals surface area contributed by atoms with Gasteiger partial charge in [0.2, 0.25) is 0 Å². The first-order valence-corrected chi connectivity index (χ1v) is 5.88. The van der Waals surface area contributed by atoms with Gasteiger partial charge in [0.25, 0.3) is 0 Å². The van der Waals surface area contributed by atoms with Crippen LogP contribution in [-0.4, -0.2) is 24.2 Å². The van der Waals surface area contributed by atoms with Crippen molar-refractivity contribution in [3.05, 3.63) is 33.8 Å². The Bertz CT molecular complexity index is 429. The normalized spacial score (nSPS) is 10.0. The molecular formula is C12H13BrO4. The lowest BCUT2D eigenvalue weighted by molar-refractivity contribution is -0.140. The summed E-state index contributed by atoms with van der Waals surface area (Å²) in [5.41, 5.74) is 1.66. The van der Waals surface area contributed by atoms with E-state index in [9.17, 15) is 9.59 Å². The van der Waals surface area contributed by atoms with Crippen LogP contribution in [0.4, 0.5) is 0 Å². The third kappa shape index (κ3) is 4.56. The first kappa shape index (κ1) is 13.7. The first-order chi connectivity index (χ1) is 8.02. The molecule has 17 heavy (non-hydrogen) atoms. The van der Waals surface area contributed by atoms with E-state index in [2.05, 4.69) is 20.7 Å². The molecule has 0 heterocycles. The highest BCUT2D eigenvalue weighted by atomic mass is 79.9. The summed E-state index contributed by atoms with van der Waals surface area (Å²) in [6.07, 6.45) is 0.621. The van der Waals surface area contributed by atoms with E-state index in [4.69, 9.17) is 5.11 Å². The molecular weight excluding hydrogens is 288 g/mol. The van der Waals surface area contributed by atoms with Gasteiger partial charge in [-0.15, -0.1) is 0 Å². The number of methoxy groups -OCH3 is 1. The maximum atomic E-state index is 11.2. The number of halogens is 1. The zero-order chi connectivity index (χ0) is 12.8. The monoisotopic (exact) mass is 300 g/mol. The van der Waals surface area contributed by atoms with Gasteiger partial charge >= 0.3 is 11.9 Å². The summed E-state index contributed by atoms with van der Waals surface area (Å²) in [5.74, 6) is -1.18. The van der Waals surface area contributed by atoms with Gasteiger partial charge in [0.1, 0.15) is 0 Å². The number of carboxylic acid groups (broad SMARTS) is 1. The number of carbonyl (C=O) groups excluding carboxylic acids is 1. The molecule has 4 nitrogen and oxygen atoms in total. The quantitative estimate of drug-likeness (QED) is 0.847. The predicted octanol–water partition coefficient (Wildman–Crippen LogP) is 2.18. The highest BCUT2D eigenvalue weighted by Gasteiger charge is 2.10. The molecule has 1 aromatic carbocycles. The minimum Gasteiger partial charge on any atom is -0.481 e. The molecule has 0 spiro atoms. The fourth-order valence-electron chi connectivity index (χ4n) is 1.47. The number of ether oxygens (including phenoxy) is 1. The van der Waals surface area contributed by atoms with Crippen molar-refractivity contribution in [3.8, 4) is 0 Å². The number of aryl methyl sites for hydroxylation is 1. The molecule has 0 amide bonds. The van der Waals surface area contributed by atoms with Gasteiger partial charge in [0, 0.05) is 10.9 Å². The van der Waals surface area contributed by atoms with Crippen molar-refractivity contribution in [2.45, 2.75) is 19.3 Å². The highest BCUT2D eigenvalue weighted by molar-refractivity contribution is 9.10. The van der Waals surface area contributed by atoms with Crippen LogP contribution < -0.4 is 0 Å². The van der Waals surface area contributed by atoms with E-state index < -0.39 is 5.97 Å². The van der Waals surface area contributed by atoms with Crippen LogP contribution in [0, 0.1) is 0 Å². The summed E-state index contributed by atoms with van der Waals surface area (Å²) in [7, 11) is 1.33. The Morgan fingerprint density at radius 1 is 1.35 bits per heavy atom. The fraction of sp³-hybridized carbons (Fsp3) is 0.333. The summed E-state index contributed by atoms with van der Waals surface area (Å²) < 4.78 is 5.46. The average Bonchev–Trinajstić information content (AvgIpc) is 2.27. The lowest BCUT2D eigenvalue weighted by Crippen LogP contribution is -2.08. The standard InChI is InChI=1S/C12H13BrO4/c1-17-12(16)7-9-6-10(13)4-2-8(9)3-5-11(14)15/h2,4,6H,3,5,7H2,1H3,(H,14,15).